The maximum atomic E-state index is 11.8. The van der Waals surface area contributed by atoms with E-state index < -0.39 is 4.92 Å². The second-order valence-electron chi connectivity index (χ2n) is 4.02. The molecule has 1 unspecified atom stereocenters. The Morgan fingerprint density at radius 3 is 2.67 bits per heavy atom. The number of nitro groups is 1. The van der Waals surface area contributed by atoms with Gasteiger partial charge in [-0.1, -0.05) is 6.92 Å². The summed E-state index contributed by atoms with van der Waals surface area (Å²) in [6.07, 6.45) is 0.808. The van der Waals surface area contributed by atoms with Gasteiger partial charge in [-0.25, -0.2) is 0 Å². The molecule has 98 valence electrons. The van der Waals surface area contributed by atoms with Crippen molar-refractivity contribution in [2.24, 2.45) is 0 Å². The molecule has 0 heterocycles. The molecule has 0 spiro atoms. The van der Waals surface area contributed by atoms with Gasteiger partial charge in [-0.3, -0.25) is 14.9 Å². The van der Waals surface area contributed by atoms with Crippen molar-refractivity contribution in [3.8, 4) is 0 Å². The van der Waals surface area contributed by atoms with Crippen LogP contribution in [0.2, 0.25) is 0 Å². The number of nitrogens with one attached hydrogen (secondary N) is 2. The molecule has 0 radical (unpaired) electrons. The van der Waals surface area contributed by atoms with E-state index in [2.05, 4.69) is 10.6 Å². The average molecular weight is 251 g/mol. The first kappa shape index (κ1) is 14.0. The van der Waals surface area contributed by atoms with Crippen LogP contribution >= 0.6 is 0 Å². The molecule has 0 fully saturated rings. The smallest absolute Gasteiger partial charge is 0.293 e. The van der Waals surface area contributed by atoms with Crippen LogP contribution in [0.1, 0.15) is 30.6 Å². The predicted molar refractivity (Wildman–Crippen MR) is 69.9 cm³/mol. The third-order valence-corrected chi connectivity index (χ3v) is 2.72. The van der Waals surface area contributed by atoms with Crippen molar-refractivity contribution in [3.05, 3.63) is 33.9 Å². The van der Waals surface area contributed by atoms with Gasteiger partial charge in [0.2, 0.25) is 0 Å². The first-order chi connectivity index (χ1) is 8.49. The Kier molecular flexibility index (Phi) is 4.65. The number of anilines is 1. The molecule has 0 aliphatic rings. The third-order valence-electron chi connectivity index (χ3n) is 2.72. The van der Waals surface area contributed by atoms with E-state index in [1.165, 1.54) is 12.1 Å². The minimum atomic E-state index is -0.508. The van der Waals surface area contributed by atoms with Crippen molar-refractivity contribution in [2.75, 3.05) is 12.4 Å². The summed E-state index contributed by atoms with van der Waals surface area (Å²) in [5, 5.41) is 16.4. The molecule has 0 saturated carbocycles. The maximum Gasteiger partial charge on any atom is 0.293 e. The number of hydrogen-bond acceptors (Lipinski definition) is 4. The van der Waals surface area contributed by atoms with Crippen molar-refractivity contribution in [3.63, 3.8) is 0 Å². The summed E-state index contributed by atoms with van der Waals surface area (Å²) >= 11 is 0. The van der Waals surface area contributed by atoms with Crippen LogP contribution in [-0.2, 0) is 0 Å². The van der Waals surface area contributed by atoms with Gasteiger partial charge in [0.25, 0.3) is 11.6 Å². The number of carbonyl (C=O) groups is 1. The summed E-state index contributed by atoms with van der Waals surface area (Å²) in [6, 6.07) is 4.42. The van der Waals surface area contributed by atoms with Gasteiger partial charge in [-0.05, 0) is 25.5 Å². The Hall–Kier alpha value is -2.11. The van der Waals surface area contributed by atoms with Gasteiger partial charge in [0.1, 0.15) is 5.69 Å². The Labute approximate surface area is 106 Å². The van der Waals surface area contributed by atoms with Gasteiger partial charge in [0.05, 0.1) is 4.92 Å². The molecular weight excluding hydrogens is 234 g/mol. The Balaban J connectivity index is 3.01. The van der Waals surface area contributed by atoms with Crippen LogP contribution < -0.4 is 10.6 Å². The fourth-order valence-corrected chi connectivity index (χ4v) is 1.44. The van der Waals surface area contributed by atoms with Crippen LogP contribution in [0.5, 0.6) is 0 Å². The molecule has 1 aromatic rings. The monoisotopic (exact) mass is 251 g/mol. The maximum absolute atomic E-state index is 11.8. The summed E-state index contributed by atoms with van der Waals surface area (Å²) in [4.78, 5) is 22.2. The van der Waals surface area contributed by atoms with Gasteiger partial charge in [0.15, 0.2) is 0 Å². The second kappa shape index (κ2) is 6.00. The summed E-state index contributed by atoms with van der Waals surface area (Å²) in [7, 11) is 1.60. The number of carbonyl (C=O) groups excluding carboxylic acids is 1. The number of rotatable bonds is 5. The molecule has 1 aromatic carbocycles. The molecule has 0 aliphatic carbocycles. The SMILES string of the molecule is CCC(C)NC(=O)c1ccc(NC)c([N+](=O)[O-])c1. The Morgan fingerprint density at radius 1 is 1.50 bits per heavy atom. The fraction of sp³-hybridized carbons (Fsp3) is 0.417. The fourth-order valence-electron chi connectivity index (χ4n) is 1.44. The highest BCUT2D eigenvalue weighted by atomic mass is 16.6. The van der Waals surface area contributed by atoms with E-state index in [0.717, 1.165) is 6.42 Å². The Bertz CT molecular complexity index is 460. The first-order valence-corrected chi connectivity index (χ1v) is 5.76. The largest absolute Gasteiger partial charge is 0.383 e. The number of benzene rings is 1. The molecule has 2 N–H and O–H groups in total. The van der Waals surface area contributed by atoms with Gasteiger partial charge >= 0.3 is 0 Å². The zero-order valence-corrected chi connectivity index (χ0v) is 10.7. The topological polar surface area (TPSA) is 84.3 Å². The lowest BCUT2D eigenvalue weighted by molar-refractivity contribution is -0.384. The highest BCUT2D eigenvalue weighted by molar-refractivity contribution is 5.95. The lowest BCUT2D eigenvalue weighted by atomic mass is 10.1. The average Bonchev–Trinajstić information content (AvgIpc) is 2.37. The zero-order chi connectivity index (χ0) is 13.7. The number of nitrogens with zero attached hydrogens (tertiary/aromatic N) is 1. The van der Waals surface area contributed by atoms with E-state index in [1.54, 1.807) is 13.1 Å². The molecule has 1 amide bonds. The summed E-state index contributed by atoms with van der Waals surface area (Å²) in [6.45, 7) is 3.84. The van der Waals surface area contributed by atoms with Crippen LogP contribution in [0.25, 0.3) is 0 Å². The number of amides is 1. The standard InChI is InChI=1S/C12H17N3O3/c1-4-8(2)14-12(16)9-5-6-10(13-3)11(7-9)15(17)18/h5-8,13H,4H2,1-3H3,(H,14,16). The van der Waals surface area contributed by atoms with E-state index in [4.69, 9.17) is 0 Å². The van der Waals surface area contributed by atoms with Crippen molar-refractivity contribution in [2.45, 2.75) is 26.3 Å². The molecule has 18 heavy (non-hydrogen) atoms. The van der Waals surface area contributed by atoms with Crippen LogP contribution in [-0.4, -0.2) is 23.9 Å². The van der Waals surface area contributed by atoms with Crippen molar-refractivity contribution in [1.82, 2.24) is 5.32 Å². The molecule has 1 atom stereocenters. The molecule has 1 rings (SSSR count). The molecule has 0 aliphatic heterocycles. The van der Waals surface area contributed by atoms with E-state index in [9.17, 15) is 14.9 Å². The third kappa shape index (κ3) is 3.19. The van der Waals surface area contributed by atoms with Crippen LogP contribution in [0, 0.1) is 10.1 Å². The first-order valence-electron chi connectivity index (χ1n) is 5.76. The molecule has 0 bridgehead atoms. The minimum Gasteiger partial charge on any atom is -0.383 e. The van der Waals surface area contributed by atoms with Gasteiger partial charge in [0, 0.05) is 24.7 Å². The van der Waals surface area contributed by atoms with E-state index in [0.29, 0.717) is 11.3 Å². The second-order valence-corrected chi connectivity index (χ2v) is 4.02. The highest BCUT2D eigenvalue weighted by Crippen LogP contribution is 2.24. The summed E-state index contributed by atoms with van der Waals surface area (Å²) < 4.78 is 0. The van der Waals surface area contributed by atoms with E-state index >= 15 is 0 Å². The van der Waals surface area contributed by atoms with Crippen LogP contribution in [0.15, 0.2) is 18.2 Å². The Morgan fingerprint density at radius 2 is 2.17 bits per heavy atom. The van der Waals surface area contributed by atoms with E-state index in [1.807, 2.05) is 13.8 Å². The quantitative estimate of drug-likeness (QED) is 0.620. The molecule has 6 nitrogen and oxygen atoms in total. The predicted octanol–water partition coefficient (Wildman–Crippen LogP) is 2.16. The van der Waals surface area contributed by atoms with Crippen LogP contribution in [0.4, 0.5) is 11.4 Å². The lowest BCUT2D eigenvalue weighted by Gasteiger charge is -2.11. The van der Waals surface area contributed by atoms with Crippen molar-refractivity contribution >= 4 is 17.3 Å². The molecule has 0 aromatic heterocycles. The summed E-state index contributed by atoms with van der Waals surface area (Å²) in [5.41, 5.74) is 0.579. The van der Waals surface area contributed by atoms with E-state index in [-0.39, 0.29) is 17.6 Å². The van der Waals surface area contributed by atoms with Gasteiger partial charge in [-0.2, -0.15) is 0 Å². The normalized spacial score (nSPS) is 11.7. The van der Waals surface area contributed by atoms with Crippen molar-refractivity contribution < 1.29 is 9.72 Å². The van der Waals surface area contributed by atoms with Crippen LogP contribution in [0.3, 0.4) is 0 Å². The lowest BCUT2D eigenvalue weighted by Crippen LogP contribution is -2.31. The number of nitro benzene ring substituents is 1. The minimum absolute atomic E-state index is 0.0422. The molecular formula is C12H17N3O3. The van der Waals surface area contributed by atoms with Crippen molar-refractivity contribution in [1.29, 1.82) is 0 Å². The summed E-state index contributed by atoms with van der Waals surface area (Å²) in [5.74, 6) is -0.296. The van der Waals surface area contributed by atoms with Gasteiger partial charge in [-0.15, -0.1) is 0 Å². The number of hydrogen-bond donors (Lipinski definition) is 2. The zero-order valence-electron chi connectivity index (χ0n) is 10.7. The molecule has 0 saturated heterocycles. The highest BCUT2D eigenvalue weighted by Gasteiger charge is 2.17. The molecule has 6 heteroatoms. The van der Waals surface area contributed by atoms with Gasteiger partial charge < -0.3 is 10.6 Å².